The van der Waals surface area contributed by atoms with Crippen LogP contribution in [0.4, 0.5) is 4.39 Å². The van der Waals surface area contributed by atoms with E-state index in [4.69, 9.17) is 5.73 Å². The van der Waals surface area contributed by atoms with Crippen molar-refractivity contribution in [3.8, 4) is 0 Å². The number of halogens is 1. The van der Waals surface area contributed by atoms with Crippen LogP contribution in [0, 0.1) is 11.7 Å². The van der Waals surface area contributed by atoms with Gasteiger partial charge in [0, 0.05) is 19.0 Å². The molecule has 4 nitrogen and oxygen atoms in total. The molecule has 102 valence electrons. The van der Waals surface area contributed by atoms with Crippen molar-refractivity contribution < 1.29 is 4.39 Å². The molecule has 0 saturated heterocycles. The molecule has 1 unspecified atom stereocenters. The molecule has 1 atom stereocenters. The fraction of sp³-hybridized carbons (Fsp3) is 0.429. The molecule has 0 aliphatic carbocycles. The third-order valence-corrected chi connectivity index (χ3v) is 2.91. The van der Waals surface area contributed by atoms with Crippen molar-refractivity contribution in [3.63, 3.8) is 0 Å². The third kappa shape index (κ3) is 3.61. The van der Waals surface area contributed by atoms with Crippen molar-refractivity contribution in [1.82, 2.24) is 14.8 Å². The van der Waals surface area contributed by atoms with E-state index >= 15 is 0 Å². The number of nitrogens with zero attached hydrogens (tertiary/aromatic N) is 3. The average Bonchev–Trinajstić information content (AvgIpc) is 2.75. The van der Waals surface area contributed by atoms with Gasteiger partial charge < -0.3 is 5.73 Å². The molecule has 2 rings (SSSR count). The smallest absolute Gasteiger partial charge is 0.138 e. The van der Waals surface area contributed by atoms with Gasteiger partial charge >= 0.3 is 0 Å². The molecular weight excluding hydrogens is 243 g/mol. The second-order valence-corrected chi connectivity index (χ2v) is 5.12. The van der Waals surface area contributed by atoms with Crippen LogP contribution in [0.1, 0.15) is 31.3 Å². The van der Waals surface area contributed by atoms with Gasteiger partial charge in [0.1, 0.15) is 18.0 Å². The van der Waals surface area contributed by atoms with Crippen molar-refractivity contribution in [1.29, 1.82) is 0 Å². The number of hydrogen-bond acceptors (Lipinski definition) is 3. The van der Waals surface area contributed by atoms with Gasteiger partial charge in [-0.25, -0.2) is 14.1 Å². The zero-order chi connectivity index (χ0) is 13.8. The van der Waals surface area contributed by atoms with Gasteiger partial charge in [-0.05, 0) is 23.6 Å². The van der Waals surface area contributed by atoms with Crippen LogP contribution in [-0.2, 0) is 13.0 Å². The summed E-state index contributed by atoms with van der Waals surface area (Å²) in [7, 11) is 0. The lowest BCUT2D eigenvalue weighted by Crippen LogP contribution is -2.18. The largest absolute Gasteiger partial charge is 0.324 e. The van der Waals surface area contributed by atoms with Gasteiger partial charge in [-0.3, -0.25) is 0 Å². The summed E-state index contributed by atoms with van der Waals surface area (Å²) in [6.45, 7) is 5.06. The van der Waals surface area contributed by atoms with E-state index in [-0.39, 0.29) is 11.9 Å². The zero-order valence-electron chi connectivity index (χ0n) is 11.3. The van der Waals surface area contributed by atoms with E-state index in [1.54, 1.807) is 6.07 Å². The highest BCUT2D eigenvalue weighted by molar-refractivity contribution is 5.20. The molecule has 0 fully saturated rings. The van der Waals surface area contributed by atoms with E-state index in [9.17, 15) is 4.39 Å². The fourth-order valence-corrected chi connectivity index (χ4v) is 2.00. The number of benzene rings is 1. The Bertz CT molecular complexity index is 536. The quantitative estimate of drug-likeness (QED) is 0.899. The van der Waals surface area contributed by atoms with E-state index in [1.807, 2.05) is 10.7 Å². The number of nitrogens with two attached hydrogens (primary N) is 1. The summed E-state index contributed by atoms with van der Waals surface area (Å²) in [4.78, 5) is 4.24. The van der Waals surface area contributed by atoms with Crippen molar-refractivity contribution in [2.24, 2.45) is 11.7 Å². The fourth-order valence-electron chi connectivity index (χ4n) is 2.00. The lowest BCUT2D eigenvalue weighted by atomic mass is 10.0. The molecule has 1 aromatic carbocycles. The summed E-state index contributed by atoms with van der Waals surface area (Å²) in [5.74, 6) is 1.06. The van der Waals surface area contributed by atoms with Crippen LogP contribution in [0.15, 0.2) is 30.6 Å². The Morgan fingerprint density at radius 3 is 2.84 bits per heavy atom. The normalized spacial score (nSPS) is 12.9. The van der Waals surface area contributed by atoms with Gasteiger partial charge in [-0.1, -0.05) is 26.0 Å². The SMILES string of the molecule is CC(C)Cn1ncnc1CC(N)c1cccc(F)c1. The first kappa shape index (κ1) is 13.7. The lowest BCUT2D eigenvalue weighted by Gasteiger charge is -2.13. The molecule has 5 heteroatoms. The van der Waals surface area contributed by atoms with Gasteiger partial charge in [-0.2, -0.15) is 5.10 Å². The Morgan fingerprint density at radius 1 is 1.37 bits per heavy atom. The highest BCUT2D eigenvalue weighted by Gasteiger charge is 2.13. The van der Waals surface area contributed by atoms with E-state index in [0.717, 1.165) is 17.9 Å². The topological polar surface area (TPSA) is 56.7 Å². The second kappa shape index (κ2) is 5.93. The van der Waals surface area contributed by atoms with Crippen LogP contribution in [-0.4, -0.2) is 14.8 Å². The molecule has 1 heterocycles. The van der Waals surface area contributed by atoms with Gasteiger partial charge in [0.25, 0.3) is 0 Å². The highest BCUT2D eigenvalue weighted by atomic mass is 19.1. The highest BCUT2D eigenvalue weighted by Crippen LogP contribution is 2.16. The summed E-state index contributed by atoms with van der Waals surface area (Å²) in [6, 6.07) is 6.11. The van der Waals surface area contributed by atoms with E-state index in [0.29, 0.717) is 12.3 Å². The minimum Gasteiger partial charge on any atom is -0.324 e. The molecule has 0 saturated carbocycles. The first-order valence-electron chi connectivity index (χ1n) is 6.44. The molecule has 2 aromatic rings. The summed E-state index contributed by atoms with van der Waals surface area (Å²) >= 11 is 0. The predicted molar refractivity (Wildman–Crippen MR) is 71.9 cm³/mol. The van der Waals surface area contributed by atoms with Gasteiger partial charge in [0.15, 0.2) is 0 Å². The van der Waals surface area contributed by atoms with Gasteiger partial charge in [-0.15, -0.1) is 0 Å². The molecule has 0 radical (unpaired) electrons. The first-order valence-corrected chi connectivity index (χ1v) is 6.44. The second-order valence-electron chi connectivity index (χ2n) is 5.12. The van der Waals surface area contributed by atoms with Crippen LogP contribution in [0.5, 0.6) is 0 Å². The Morgan fingerprint density at radius 2 is 2.16 bits per heavy atom. The van der Waals surface area contributed by atoms with E-state index < -0.39 is 0 Å². The van der Waals surface area contributed by atoms with Crippen LogP contribution in [0.2, 0.25) is 0 Å². The van der Waals surface area contributed by atoms with Crippen LogP contribution in [0.25, 0.3) is 0 Å². The molecule has 0 amide bonds. The molecule has 2 N–H and O–H groups in total. The van der Waals surface area contributed by atoms with Gasteiger partial charge in [0.2, 0.25) is 0 Å². The van der Waals surface area contributed by atoms with Crippen molar-refractivity contribution in [2.45, 2.75) is 32.9 Å². The van der Waals surface area contributed by atoms with E-state index in [2.05, 4.69) is 23.9 Å². The maximum absolute atomic E-state index is 13.2. The summed E-state index contributed by atoms with van der Waals surface area (Å²) in [5, 5.41) is 4.20. The minimum atomic E-state index is -0.272. The Labute approximate surface area is 112 Å². The van der Waals surface area contributed by atoms with Gasteiger partial charge in [0.05, 0.1) is 0 Å². The van der Waals surface area contributed by atoms with Crippen LogP contribution < -0.4 is 5.73 Å². The summed E-state index contributed by atoms with van der Waals surface area (Å²) in [5.41, 5.74) is 6.88. The Balaban J connectivity index is 2.10. The maximum Gasteiger partial charge on any atom is 0.138 e. The number of hydrogen-bond donors (Lipinski definition) is 1. The Kier molecular flexibility index (Phi) is 4.27. The first-order chi connectivity index (χ1) is 9.06. The average molecular weight is 262 g/mol. The Hall–Kier alpha value is -1.75. The summed E-state index contributed by atoms with van der Waals surface area (Å²) in [6.07, 6.45) is 2.09. The molecule has 0 spiro atoms. The molecule has 1 aromatic heterocycles. The number of aromatic nitrogens is 3. The third-order valence-electron chi connectivity index (χ3n) is 2.91. The van der Waals surface area contributed by atoms with Crippen molar-refractivity contribution in [2.75, 3.05) is 0 Å². The number of rotatable bonds is 5. The monoisotopic (exact) mass is 262 g/mol. The summed E-state index contributed by atoms with van der Waals surface area (Å²) < 4.78 is 15.0. The minimum absolute atomic E-state index is 0.267. The molecular formula is C14H19FN4. The van der Waals surface area contributed by atoms with Crippen LogP contribution in [0.3, 0.4) is 0 Å². The standard InChI is InChI=1S/C14H19FN4/c1-10(2)8-19-14(17-9-18-19)7-13(16)11-4-3-5-12(15)6-11/h3-6,9-10,13H,7-8,16H2,1-2H3. The van der Waals surface area contributed by atoms with Crippen LogP contribution >= 0.6 is 0 Å². The molecule has 0 aliphatic heterocycles. The zero-order valence-corrected chi connectivity index (χ0v) is 11.3. The maximum atomic E-state index is 13.2. The predicted octanol–water partition coefficient (Wildman–Crippen LogP) is 2.32. The lowest BCUT2D eigenvalue weighted by molar-refractivity contribution is 0.459. The van der Waals surface area contributed by atoms with Crippen molar-refractivity contribution in [3.05, 3.63) is 47.8 Å². The van der Waals surface area contributed by atoms with E-state index in [1.165, 1.54) is 18.5 Å². The molecule has 0 bridgehead atoms. The molecule has 19 heavy (non-hydrogen) atoms. The van der Waals surface area contributed by atoms with Crippen molar-refractivity contribution >= 4 is 0 Å². The molecule has 0 aliphatic rings.